The number of hydrogen-bond acceptors (Lipinski definition) is 4. The highest BCUT2D eigenvalue weighted by molar-refractivity contribution is 7.88. The lowest BCUT2D eigenvalue weighted by atomic mass is 9.96. The molecule has 2 heterocycles. The number of aromatic nitrogens is 2. The number of sulfonamides is 1. The van der Waals surface area contributed by atoms with Crippen LogP contribution < -0.4 is 0 Å². The SMILES string of the molecule is CS(=O)(=O)N1CCCC(Cc2ncccn2)C1. The van der Waals surface area contributed by atoms with Crippen molar-refractivity contribution in [1.82, 2.24) is 14.3 Å². The summed E-state index contributed by atoms with van der Waals surface area (Å²) in [6.45, 7) is 1.24. The molecule has 1 aromatic rings. The van der Waals surface area contributed by atoms with Crippen LogP contribution in [0.3, 0.4) is 0 Å². The van der Waals surface area contributed by atoms with Gasteiger partial charge in [0, 0.05) is 31.9 Å². The van der Waals surface area contributed by atoms with Gasteiger partial charge in [0.25, 0.3) is 0 Å². The molecule has 0 aliphatic carbocycles. The molecule has 2 rings (SSSR count). The van der Waals surface area contributed by atoms with E-state index in [4.69, 9.17) is 0 Å². The lowest BCUT2D eigenvalue weighted by Crippen LogP contribution is -2.39. The van der Waals surface area contributed by atoms with Crippen LogP contribution in [0.15, 0.2) is 18.5 Å². The summed E-state index contributed by atoms with van der Waals surface area (Å²) in [6, 6.07) is 1.78. The van der Waals surface area contributed by atoms with Crippen LogP contribution in [0.2, 0.25) is 0 Å². The predicted octanol–water partition coefficient (Wildman–Crippen LogP) is 0.691. The zero-order chi connectivity index (χ0) is 12.3. The van der Waals surface area contributed by atoms with Crippen molar-refractivity contribution >= 4 is 10.0 Å². The van der Waals surface area contributed by atoms with Gasteiger partial charge in [-0.2, -0.15) is 0 Å². The minimum atomic E-state index is -3.06. The zero-order valence-electron chi connectivity index (χ0n) is 9.91. The third-order valence-electron chi connectivity index (χ3n) is 3.04. The average Bonchev–Trinajstić information content (AvgIpc) is 2.29. The van der Waals surface area contributed by atoms with E-state index >= 15 is 0 Å². The fraction of sp³-hybridized carbons (Fsp3) is 0.636. The fourth-order valence-corrected chi connectivity index (χ4v) is 3.13. The van der Waals surface area contributed by atoms with Crippen molar-refractivity contribution in [3.63, 3.8) is 0 Å². The van der Waals surface area contributed by atoms with E-state index in [9.17, 15) is 8.42 Å². The monoisotopic (exact) mass is 255 g/mol. The van der Waals surface area contributed by atoms with Crippen LogP contribution in [0.5, 0.6) is 0 Å². The van der Waals surface area contributed by atoms with Crippen LogP contribution in [0, 0.1) is 5.92 Å². The zero-order valence-corrected chi connectivity index (χ0v) is 10.7. The van der Waals surface area contributed by atoms with Gasteiger partial charge in [0.15, 0.2) is 0 Å². The molecule has 0 saturated carbocycles. The van der Waals surface area contributed by atoms with Crippen molar-refractivity contribution in [3.05, 3.63) is 24.3 Å². The Labute approximate surface area is 102 Å². The molecule has 6 heteroatoms. The first-order valence-corrected chi connectivity index (χ1v) is 7.61. The molecule has 1 unspecified atom stereocenters. The van der Waals surface area contributed by atoms with Crippen molar-refractivity contribution in [2.75, 3.05) is 19.3 Å². The van der Waals surface area contributed by atoms with E-state index in [1.54, 1.807) is 22.8 Å². The van der Waals surface area contributed by atoms with Gasteiger partial charge in [-0.15, -0.1) is 0 Å². The van der Waals surface area contributed by atoms with Gasteiger partial charge in [-0.3, -0.25) is 0 Å². The smallest absolute Gasteiger partial charge is 0.211 e. The summed E-state index contributed by atoms with van der Waals surface area (Å²) in [5.41, 5.74) is 0. The molecule has 1 atom stereocenters. The Balaban J connectivity index is 1.99. The minimum absolute atomic E-state index is 0.334. The standard InChI is InChI=1S/C11H17N3O2S/c1-17(15,16)14-7-2-4-10(9-14)8-11-12-5-3-6-13-11/h3,5-6,10H,2,4,7-9H2,1H3. The molecular formula is C11H17N3O2S. The Bertz CT molecular complexity index is 461. The minimum Gasteiger partial charge on any atom is -0.241 e. The van der Waals surface area contributed by atoms with Gasteiger partial charge in [0.2, 0.25) is 10.0 Å². The normalized spacial score (nSPS) is 22.5. The molecule has 1 fully saturated rings. The third-order valence-corrected chi connectivity index (χ3v) is 4.31. The second-order valence-electron chi connectivity index (χ2n) is 4.50. The quantitative estimate of drug-likeness (QED) is 0.797. The van der Waals surface area contributed by atoms with Crippen LogP contribution in [0.1, 0.15) is 18.7 Å². The van der Waals surface area contributed by atoms with E-state index in [0.717, 1.165) is 25.1 Å². The van der Waals surface area contributed by atoms with Gasteiger partial charge >= 0.3 is 0 Å². The maximum Gasteiger partial charge on any atom is 0.211 e. The highest BCUT2D eigenvalue weighted by atomic mass is 32.2. The van der Waals surface area contributed by atoms with Gasteiger partial charge < -0.3 is 0 Å². The van der Waals surface area contributed by atoms with Crippen molar-refractivity contribution in [3.8, 4) is 0 Å². The van der Waals surface area contributed by atoms with Crippen molar-refractivity contribution in [1.29, 1.82) is 0 Å². The summed E-state index contributed by atoms with van der Waals surface area (Å²) < 4.78 is 24.5. The molecular weight excluding hydrogens is 238 g/mol. The summed E-state index contributed by atoms with van der Waals surface area (Å²) in [4.78, 5) is 8.36. The number of nitrogens with zero attached hydrogens (tertiary/aromatic N) is 3. The Morgan fingerprint density at radius 1 is 1.41 bits per heavy atom. The third kappa shape index (κ3) is 3.47. The first-order valence-electron chi connectivity index (χ1n) is 5.77. The van der Waals surface area contributed by atoms with E-state index in [2.05, 4.69) is 9.97 Å². The highest BCUT2D eigenvalue weighted by Gasteiger charge is 2.26. The van der Waals surface area contributed by atoms with Gasteiger partial charge in [0.1, 0.15) is 5.82 Å². The second kappa shape index (κ2) is 5.10. The molecule has 1 saturated heterocycles. The molecule has 0 radical (unpaired) electrons. The fourth-order valence-electron chi connectivity index (χ4n) is 2.19. The Morgan fingerprint density at radius 2 is 2.12 bits per heavy atom. The topological polar surface area (TPSA) is 63.2 Å². The number of rotatable bonds is 3. The van der Waals surface area contributed by atoms with Crippen LogP contribution in [-0.4, -0.2) is 42.0 Å². The molecule has 17 heavy (non-hydrogen) atoms. The van der Waals surface area contributed by atoms with Gasteiger partial charge in [-0.1, -0.05) is 0 Å². The molecule has 94 valence electrons. The van der Waals surface area contributed by atoms with Crippen LogP contribution >= 0.6 is 0 Å². The highest BCUT2D eigenvalue weighted by Crippen LogP contribution is 2.20. The first kappa shape index (κ1) is 12.4. The largest absolute Gasteiger partial charge is 0.241 e. The molecule has 0 spiro atoms. The molecule has 0 N–H and O–H groups in total. The van der Waals surface area contributed by atoms with Crippen LogP contribution in [-0.2, 0) is 16.4 Å². The Hall–Kier alpha value is -1.01. The van der Waals surface area contributed by atoms with Gasteiger partial charge in [-0.25, -0.2) is 22.7 Å². The summed E-state index contributed by atoms with van der Waals surface area (Å²) >= 11 is 0. The second-order valence-corrected chi connectivity index (χ2v) is 6.48. The Morgan fingerprint density at radius 3 is 2.76 bits per heavy atom. The summed E-state index contributed by atoms with van der Waals surface area (Å²) in [7, 11) is -3.06. The summed E-state index contributed by atoms with van der Waals surface area (Å²) in [6.07, 6.45) is 7.44. The number of piperidine rings is 1. The molecule has 0 amide bonds. The predicted molar refractivity (Wildman–Crippen MR) is 64.9 cm³/mol. The van der Waals surface area contributed by atoms with Crippen molar-refractivity contribution in [2.45, 2.75) is 19.3 Å². The van der Waals surface area contributed by atoms with E-state index in [0.29, 0.717) is 19.0 Å². The van der Waals surface area contributed by atoms with E-state index in [1.807, 2.05) is 0 Å². The van der Waals surface area contributed by atoms with Gasteiger partial charge in [-0.05, 0) is 24.8 Å². The molecule has 5 nitrogen and oxygen atoms in total. The van der Waals surface area contributed by atoms with Crippen LogP contribution in [0.4, 0.5) is 0 Å². The first-order chi connectivity index (χ1) is 8.05. The maximum atomic E-state index is 11.5. The van der Waals surface area contributed by atoms with E-state index in [1.165, 1.54) is 6.26 Å². The molecule has 1 aromatic heterocycles. The summed E-state index contributed by atoms with van der Waals surface area (Å²) in [5.74, 6) is 1.13. The van der Waals surface area contributed by atoms with E-state index in [-0.39, 0.29) is 0 Å². The molecule has 0 bridgehead atoms. The molecule has 1 aliphatic rings. The van der Waals surface area contributed by atoms with Crippen molar-refractivity contribution in [2.24, 2.45) is 5.92 Å². The molecule has 0 aromatic carbocycles. The average molecular weight is 255 g/mol. The lowest BCUT2D eigenvalue weighted by Gasteiger charge is -2.30. The van der Waals surface area contributed by atoms with Gasteiger partial charge in [0.05, 0.1) is 6.26 Å². The Kier molecular flexibility index (Phi) is 3.73. The van der Waals surface area contributed by atoms with E-state index < -0.39 is 10.0 Å². The number of hydrogen-bond donors (Lipinski definition) is 0. The molecule has 1 aliphatic heterocycles. The lowest BCUT2D eigenvalue weighted by molar-refractivity contribution is 0.264. The summed E-state index contributed by atoms with van der Waals surface area (Å²) in [5, 5.41) is 0. The van der Waals surface area contributed by atoms with Crippen molar-refractivity contribution < 1.29 is 8.42 Å². The van der Waals surface area contributed by atoms with Crippen LogP contribution in [0.25, 0.3) is 0 Å². The maximum absolute atomic E-state index is 11.5.